The molecule has 0 amide bonds. The van der Waals surface area contributed by atoms with E-state index in [4.69, 9.17) is 4.74 Å². The van der Waals surface area contributed by atoms with Crippen molar-refractivity contribution >= 4 is 5.69 Å². The number of nitrogens with zero attached hydrogens (tertiary/aromatic N) is 1. The van der Waals surface area contributed by atoms with Gasteiger partial charge in [0.05, 0.1) is 6.54 Å². The zero-order valence-electron chi connectivity index (χ0n) is 13.3. The van der Waals surface area contributed by atoms with Crippen molar-refractivity contribution < 1.29 is 4.74 Å². The summed E-state index contributed by atoms with van der Waals surface area (Å²) < 4.78 is 5.99. The molecule has 2 rings (SSSR count). The van der Waals surface area contributed by atoms with Crippen molar-refractivity contribution in [1.82, 2.24) is 0 Å². The molecule has 2 nitrogen and oxygen atoms in total. The van der Waals surface area contributed by atoms with Crippen LogP contribution < -0.4 is 9.64 Å². The van der Waals surface area contributed by atoms with Crippen LogP contribution in [0.4, 0.5) is 5.69 Å². The maximum Gasteiger partial charge on any atom is 0.122 e. The minimum absolute atomic E-state index is 0.705. The standard InChI is InChI=1S/C19H25NO/c1-4-17-12-11-16(3)19(15-17)21-14-13-20(5-2)18-9-7-6-8-10-18/h6-12,15H,4-5,13-14H2,1-3H3. The fourth-order valence-electron chi connectivity index (χ4n) is 2.39. The number of hydrogen-bond acceptors (Lipinski definition) is 2. The van der Waals surface area contributed by atoms with Crippen LogP contribution in [0.1, 0.15) is 25.0 Å². The molecule has 0 aliphatic rings. The van der Waals surface area contributed by atoms with E-state index < -0.39 is 0 Å². The zero-order valence-corrected chi connectivity index (χ0v) is 13.3. The van der Waals surface area contributed by atoms with E-state index in [0.717, 1.165) is 25.3 Å². The maximum absolute atomic E-state index is 5.99. The molecule has 0 aromatic heterocycles. The topological polar surface area (TPSA) is 12.5 Å². The minimum atomic E-state index is 0.705. The summed E-state index contributed by atoms with van der Waals surface area (Å²) in [6.45, 7) is 9.04. The molecule has 0 aliphatic heterocycles. The van der Waals surface area contributed by atoms with E-state index in [1.165, 1.54) is 16.8 Å². The Morgan fingerprint density at radius 3 is 2.43 bits per heavy atom. The van der Waals surface area contributed by atoms with Crippen LogP contribution >= 0.6 is 0 Å². The fourth-order valence-corrected chi connectivity index (χ4v) is 2.39. The van der Waals surface area contributed by atoms with Crippen molar-refractivity contribution in [2.75, 3.05) is 24.6 Å². The molecular formula is C19H25NO. The van der Waals surface area contributed by atoms with E-state index in [-0.39, 0.29) is 0 Å². The molecule has 0 atom stereocenters. The summed E-state index contributed by atoms with van der Waals surface area (Å²) in [7, 11) is 0. The van der Waals surface area contributed by atoms with Gasteiger partial charge in [-0.1, -0.05) is 37.3 Å². The summed E-state index contributed by atoms with van der Waals surface area (Å²) >= 11 is 0. The average molecular weight is 283 g/mol. The fraction of sp³-hybridized carbons (Fsp3) is 0.368. The van der Waals surface area contributed by atoms with Crippen LogP contribution in [0.5, 0.6) is 5.75 Å². The number of aryl methyl sites for hydroxylation is 2. The van der Waals surface area contributed by atoms with E-state index in [0.29, 0.717) is 6.61 Å². The molecule has 2 aromatic rings. The number of rotatable bonds is 7. The van der Waals surface area contributed by atoms with Crippen LogP contribution in [0.25, 0.3) is 0 Å². The molecule has 0 heterocycles. The first kappa shape index (κ1) is 15.4. The van der Waals surface area contributed by atoms with Crippen LogP contribution in [0.15, 0.2) is 48.5 Å². The normalized spacial score (nSPS) is 10.4. The van der Waals surface area contributed by atoms with Gasteiger partial charge < -0.3 is 9.64 Å². The van der Waals surface area contributed by atoms with Gasteiger partial charge in [-0.3, -0.25) is 0 Å². The van der Waals surface area contributed by atoms with Crippen LogP contribution in [0.2, 0.25) is 0 Å². The molecule has 0 unspecified atom stereocenters. The van der Waals surface area contributed by atoms with E-state index in [2.05, 4.69) is 68.1 Å². The summed E-state index contributed by atoms with van der Waals surface area (Å²) in [5, 5.41) is 0. The second-order valence-corrected chi connectivity index (χ2v) is 5.22. The first-order valence-electron chi connectivity index (χ1n) is 7.77. The lowest BCUT2D eigenvalue weighted by molar-refractivity contribution is 0.322. The van der Waals surface area contributed by atoms with Crippen molar-refractivity contribution in [1.29, 1.82) is 0 Å². The largest absolute Gasteiger partial charge is 0.491 e. The van der Waals surface area contributed by atoms with Gasteiger partial charge in [0, 0.05) is 12.2 Å². The highest BCUT2D eigenvalue weighted by molar-refractivity contribution is 5.45. The Morgan fingerprint density at radius 1 is 1.00 bits per heavy atom. The van der Waals surface area contributed by atoms with Crippen molar-refractivity contribution in [3.63, 3.8) is 0 Å². The number of para-hydroxylation sites is 1. The Morgan fingerprint density at radius 2 is 1.76 bits per heavy atom. The number of hydrogen-bond donors (Lipinski definition) is 0. The lowest BCUT2D eigenvalue weighted by Gasteiger charge is -2.23. The molecule has 0 bridgehead atoms. The Hall–Kier alpha value is -1.96. The Kier molecular flexibility index (Phi) is 5.68. The van der Waals surface area contributed by atoms with Crippen LogP contribution in [-0.4, -0.2) is 19.7 Å². The minimum Gasteiger partial charge on any atom is -0.491 e. The smallest absolute Gasteiger partial charge is 0.122 e. The molecule has 2 aromatic carbocycles. The molecule has 0 spiro atoms. The van der Waals surface area contributed by atoms with E-state index in [1.54, 1.807) is 0 Å². The third kappa shape index (κ3) is 4.25. The van der Waals surface area contributed by atoms with Crippen molar-refractivity contribution in [3.8, 4) is 5.75 Å². The molecule has 0 saturated carbocycles. The summed E-state index contributed by atoms with van der Waals surface area (Å²) in [4.78, 5) is 2.33. The molecule has 112 valence electrons. The molecule has 0 radical (unpaired) electrons. The molecule has 21 heavy (non-hydrogen) atoms. The van der Waals surface area contributed by atoms with E-state index in [1.807, 2.05) is 6.07 Å². The quantitative estimate of drug-likeness (QED) is 0.743. The summed E-state index contributed by atoms with van der Waals surface area (Å²) in [6, 6.07) is 17.0. The summed E-state index contributed by atoms with van der Waals surface area (Å²) in [5.74, 6) is 1.01. The lowest BCUT2D eigenvalue weighted by atomic mass is 10.1. The van der Waals surface area contributed by atoms with Gasteiger partial charge in [-0.2, -0.15) is 0 Å². The van der Waals surface area contributed by atoms with Gasteiger partial charge in [-0.15, -0.1) is 0 Å². The Bertz CT molecular complexity index is 551. The van der Waals surface area contributed by atoms with Gasteiger partial charge in [0.15, 0.2) is 0 Å². The molecule has 2 heteroatoms. The van der Waals surface area contributed by atoms with E-state index >= 15 is 0 Å². The van der Waals surface area contributed by atoms with Gasteiger partial charge in [-0.05, 0) is 49.6 Å². The first-order valence-corrected chi connectivity index (χ1v) is 7.77. The molecular weight excluding hydrogens is 258 g/mol. The molecule has 0 fully saturated rings. The summed E-state index contributed by atoms with van der Waals surface area (Å²) in [6.07, 6.45) is 1.04. The van der Waals surface area contributed by atoms with Crippen LogP contribution in [0.3, 0.4) is 0 Å². The van der Waals surface area contributed by atoms with Gasteiger partial charge >= 0.3 is 0 Å². The monoisotopic (exact) mass is 283 g/mol. The Labute approximate surface area is 128 Å². The average Bonchev–Trinajstić information content (AvgIpc) is 2.54. The third-order valence-corrected chi connectivity index (χ3v) is 3.78. The SMILES string of the molecule is CCc1ccc(C)c(OCCN(CC)c2ccccc2)c1. The van der Waals surface area contributed by atoms with Crippen molar-refractivity contribution in [2.24, 2.45) is 0 Å². The highest BCUT2D eigenvalue weighted by atomic mass is 16.5. The highest BCUT2D eigenvalue weighted by Crippen LogP contribution is 2.20. The molecule has 0 N–H and O–H groups in total. The third-order valence-electron chi connectivity index (χ3n) is 3.78. The number of benzene rings is 2. The van der Waals surface area contributed by atoms with Crippen LogP contribution in [-0.2, 0) is 6.42 Å². The van der Waals surface area contributed by atoms with Crippen molar-refractivity contribution in [2.45, 2.75) is 27.2 Å². The summed E-state index contributed by atoms with van der Waals surface area (Å²) in [5.41, 5.74) is 3.78. The predicted molar refractivity (Wildman–Crippen MR) is 90.4 cm³/mol. The second kappa shape index (κ2) is 7.72. The van der Waals surface area contributed by atoms with Gasteiger partial charge in [-0.25, -0.2) is 0 Å². The zero-order chi connectivity index (χ0) is 15.1. The first-order chi connectivity index (χ1) is 10.2. The lowest BCUT2D eigenvalue weighted by Crippen LogP contribution is -2.28. The second-order valence-electron chi connectivity index (χ2n) is 5.22. The molecule has 0 aliphatic carbocycles. The van der Waals surface area contributed by atoms with Crippen molar-refractivity contribution in [3.05, 3.63) is 59.7 Å². The van der Waals surface area contributed by atoms with Gasteiger partial charge in [0.1, 0.15) is 12.4 Å². The number of anilines is 1. The molecule has 0 saturated heterocycles. The number of likely N-dealkylation sites (N-methyl/N-ethyl adjacent to an activating group) is 1. The van der Waals surface area contributed by atoms with E-state index in [9.17, 15) is 0 Å². The van der Waals surface area contributed by atoms with Gasteiger partial charge in [0.2, 0.25) is 0 Å². The maximum atomic E-state index is 5.99. The Balaban J connectivity index is 1.94. The number of ether oxygens (including phenoxy) is 1. The van der Waals surface area contributed by atoms with Crippen LogP contribution in [0, 0.1) is 6.92 Å². The van der Waals surface area contributed by atoms with Gasteiger partial charge in [0.25, 0.3) is 0 Å². The predicted octanol–water partition coefficient (Wildman–Crippen LogP) is 4.46. The highest BCUT2D eigenvalue weighted by Gasteiger charge is 2.05.